The summed E-state index contributed by atoms with van der Waals surface area (Å²) in [6, 6.07) is 28.9. The zero-order valence-electron chi connectivity index (χ0n) is 43.4. The third-order valence-corrected chi connectivity index (χ3v) is 13.1. The molecule has 8 aromatic rings. The van der Waals surface area contributed by atoms with Crippen molar-refractivity contribution in [2.45, 2.75) is 60.1 Å². The third-order valence-electron chi connectivity index (χ3n) is 11.4. The van der Waals surface area contributed by atoms with Gasteiger partial charge < -0.3 is 33.5 Å². The van der Waals surface area contributed by atoms with Gasteiger partial charge in [-0.15, -0.1) is 10.2 Å². The van der Waals surface area contributed by atoms with Crippen LogP contribution in [0.25, 0.3) is 45.0 Å². The second kappa shape index (κ2) is 24.4. The van der Waals surface area contributed by atoms with Crippen LogP contribution >= 0.6 is 0 Å². The van der Waals surface area contributed by atoms with Crippen LogP contribution in [0.4, 0.5) is 17.6 Å². The zero-order valence-corrected chi connectivity index (χ0v) is 44.4. The van der Waals surface area contributed by atoms with Crippen molar-refractivity contribution < 1.29 is 60.7 Å². The maximum Gasteiger partial charge on any atom is 0.341 e. The van der Waals surface area contributed by atoms with Crippen molar-refractivity contribution in [1.82, 2.24) is 39.9 Å². The fourth-order valence-electron chi connectivity index (χ4n) is 6.68. The van der Waals surface area contributed by atoms with Gasteiger partial charge >= 0.3 is 24.0 Å². The number of hydrogen-bond acceptors (Lipinski definition) is 14. The fraction of sp³-hybridized carbons (Fsp3) is 0.273. The number of aliphatic carboxylic acids is 1. The number of aromatic nitrogens is 8. The third kappa shape index (κ3) is 15.5. The molecule has 0 saturated carbocycles. The average Bonchev–Trinajstić information content (AvgIpc) is 4.06. The smallest absolute Gasteiger partial charge is 0.341 e. The predicted molar refractivity (Wildman–Crippen MR) is 279 cm³/mol. The summed E-state index contributed by atoms with van der Waals surface area (Å²) in [4.78, 5) is 40.3. The molecule has 8 rings (SSSR count). The first-order chi connectivity index (χ1) is 36.5. The first kappa shape index (κ1) is 56.2. The number of halogens is 4. The highest BCUT2D eigenvalue weighted by molar-refractivity contribution is 6.76. The molecule has 0 unspecified atom stereocenters. The van der Waals surface area contributed by atoms with Crippen LogP contribution in [0, 0.1) is 34.1 Å². The molecule has 0 aliphatic heterocycles. The number of hydrogen-bond donors (Lipinski definition) is 2. The largest absolute Gasteiger partial charge is 0.481 e. The lowest BCUT2D eigenvalue weighted by Gasteiger charge is -2.21. The monoisotopic (exact) mass is 1080 g/mol. The van der Waals surface area contributed by atoms with Crippen LogP contribution in [0.1, 0.15) is 27.7 Å². The highest BCUT2D eigenvalue weighted by Gasteiger charge is 2.30. The van der Waals surface area contributed by atoms with Crippen molar-refractivity contribution >= 4 is 20.0 Å². The number of methoxy groups -OCH3 is 1. The van der Waals surface area contributed by atoms with Crippen molar-refractivity contribution in [3.63, 3.8) is 0 Å². The Morgan fingerprint density at radius 3 is 1.65 bits per heavy atom. The quantitative estimate of drug-likeness (QED) is 0.0297. The molecule has 0 radical (unpaired) electrons. The number of carbonyl (C=O) groups excluding carboxylic acids is 1. The molecule has 22 heteroatoms. The number of nitrogens with zero attached hydrogens (tertiary/aromatic N) is 7. The number of pyridine rings is 2. The molecule has 0 aliphatic carbocycles. The van der Waals surface area contributed by atoms with E-state index >= 15 is 0 Å². The van der Waals surface area contributed by atoms with Crippen LogP contribution in [-0.2, 0) is 25.8 Å². The van der Waals surface area contributed by atoms with E-state index in [2.05, 4.69) is 54.9 Å². The Labute approximate surface area is 442 Å². The summed E-state index contributed by atoms with van der Waals surface area (Å²) in [5.41, 5.74) is 3.08. The summed E-state index contributed by atoms with van der Waals surface area (Å²) in [5.74, 6) is -3.30. The molecule has 0 bridgehead atoms. The molecular weight excluding hydrogens is 1020 g/mol. The van der Waals surface area contributed by atoms with Gasteiger partial charge in [-0.25, -0.2) is 27.5 Å². The second-order valence-electron chi connectivity index (χ2n) is 20.0. The van der Waals surface area contributed by atoms with Gasteiger partial charge in [0.25, 0.3) is 0 Å². The molecular formula is C55H56F4N8O9Si. The number of carbonyl (C=O) groups is 2. The highest BCUT2D eigenvalue weighted by atomic mass is 28.3. The molecule has 0 saturated heterocycles. The summed E-state index contributed by atoms with van der Waals surface area (Å²) >= 11 is 0. The summed E-state index contributed by atoms with van der Waals surface area (Å²) in [5, 5.41) is 20.3. The molecule has 4 heterocycles. The Morgan fingerprint density at radius 1 is 0.649 bits per heavy atom. The lowest BCUT2D eigenvalue weighted by Crippen LogP contribution is -2.32. The predicted octanol–water partition coefficient (Wildman–Crippen LogP) is 12.1. The van der Waals surface area contributed by atoms with E-state index in [-0.39, 0.29) is 49.4 Å². The van der Waals surface area contributed by atoms with Gasteiger partial charge in [-0.3, -0.25) is 14.7 Å². The number of ether oxygens (including phenoxy) is 6. The van der Waals surface area contributed by atoms with Gasteiger partial charge in [0.2, 0.25) is 11.8 Å². The molecule has 4 aromatic carbocycles. The van der Waals surface area contributed by atoms with Gasteiger partial charge in [0, 0.05) is 73.6 Å². The normalized spacial score (nSPS) is 11.6. The number of carboxylic acid groups (broad SMARTS) is 1. The molecule has 77 heavy (non-hydrogen) atoms. The van der Waals surface area contributed by atoms with Crippen molar-refractivity contribution in [3.05, 3.63) is 145 Å². The lowest BCUT2D eigenvalue weighted by molar-refractivity contribution is -0.152. The van der Waals surface area contributed by atoms with Crippen LogP contribution in [-0.4, -0.2) is 92.0 Å². The lowest BCUT2D eigenvalue weighted by atomic mass is 9.95. The van der Waals surface area contributed by atoms with Crippen molar-refractivity contribution in [3.8, 4) is 80.3 Å². The van der Waals surface area contributed by atoms with Crippen LogP contribution in [0.2, 0.25) is 25.7 Å². The number of esters is 1. The zero-order chi connectivity index (χ0) is 55.5. The topological polar surface area (TPSA) is 208 Å². The molecule has 4 aromatic heterocycles. The first-order valence-electron chi connectivity index (χ1n) is 24.0. The molecule has 0 amide bonds. The van der Waals surface area contributed by atoms with Crippen LogP contribution in [0.3, 0.4) is 0 Å². The minimum absolute atomic E-state index is 0.0000626. The van der Waals surface area contributed by atoms with Crippen LogP contribution in [0.5, 0.6) is 35.3 Å². The minimum Gasteiger partial charge on any atom is -0.481 e. The van der Waals surface area contributed by atoms with Gasteiger partial charge in [-0.1, -0.05) is 68.2 Å². The van der Waals surface area contributed by atoms with Crippen molar-refractivity contribution in [2.24, 2.45) is 10.8 Å². The summed E-state index contributed by atoms with van der Waals surface area (Å²) < 4.78 is 88.7. The number of rotatable bonds is 21. The molecule has 402 valence electrons. The number of carboxylic acids is 1. The minimum atomic E-state index is -1.30. The van der Waals surface area contributed by atoms with E-state index in [1.54, 1.807) is 52.2 Å². The number of nitrogens with one attached hydrogen (secondary N) is 1. The van der Waals surface area contributed by atoms with E-state index in [1.165, 1.54) is 17.9 Å². The average molecular weight is 1080 g/mol. The summed E-state index contributed by atoms with van der Waals surface area (Å²) in [6.07, 6.45) is 3.32. The molecule has 0 atom stereocenters. The first-order valence-corrected chi connectivity index (χ1v) is 27.7. The standard InChI is InChI=1S/C31H36F2N4O5Si.C24H20F2N4O4/c1-31(2,29(38)39-3)19-41-27-14-11-23(18-34-27)21-7-9-22(10-8-21)28-35-30(42-26-13-12-24(32)17-25(26)33)37(36-28)20-40-15-16-43(4,5)6;1-24(2,22(31)32)13-33-20-10-7-16(12-27-20)14-3-5-15(6-4-14)21-28-23(30-29-21)34-19-9-8-17(25)11-18(19)26/h7-14,17-18H,15-16,19-20H2,1-6H3;3-12H,13H2,1-2H3,(H,31,32)(H,28,29,30). The Balaban J connectivity index is 0.000000230. The maximum absolute atomic E-state index is 14.3. The molecule has 17 nitrogen and oxygen atoms in total. The Kier molecular flexibility index (Phi) is 17.9. The van der Waals surface area contributed by atoms with Crippen LogP contribution in [0.15, 0.2) is 122 Å². The Hall–Kier alpha value is -8.50. The molecule has 0 fully saturated rings. The van der Waals surface area contributed by atoms with Crippen molar-refractivity contribution in [2.75, 3.05) is 26.9 Å². The SMILES string of the molecule is CC(C)(COc1ccc(-c2ccc(-c3nc(Oc4ccc(F)cc4F)n[nH]3)cc2)cn1)C(=O)O.COC(=O)C(C)(C)COc1ccc(-c2ccc(-c3nc(Oc4ccc(F)cc4F)n(COCC[Si](C)(C)C)n3)cc2)cn1. The fourth-order valence-corrected chi connectivity index (χ4v) is 7.44. The van der Waals surface area contributed by atoms with Gasteiger partial charge in [-0.2, -0.15) is 14.6 Å². The van der Waals surface area contributed by atoms with Gasteiger partial charge in [0.05, 0.1) is 17.9 Å². The maximum atomic E-state index is 14.3. The van der Waals surface area contributed by atoms with Crippen molar-refractivity contribution in [1.29, 1.82) is 0 Å². The Bertz CT molecular complexity index is 3280. The van der Waals surface area contributed by atoms with E-state index in [4.69, 9.17) is 33.5 Å². The molecule has 0 spiro atoms. The van der Waals surface area contributed by atoms with E-state index < -0.39 is 48.1 Å². The van der Waals surface area contributed by atoms with Gasteiger partial charge in [0.1, 0.15) is 31.6 Å². The highest BCUT2D eigenvalue weighted by Crippen LogP contribution is 2.31. The Morgan fingerprint density at radius 2 is 1.16 bits per heavy atom. The summed E-state index contributed by atoms with van der Waals surface area (Å²) in [6.45, 7) is 14.1. The van der Waals surface area contributed by atoms with Crippen LogP contribution < -0.4 is 18.9 Å². The van der Waals surface area contributed by atoms with Gasteiger partial charge in [0.15, 0.2) is 34.8 Å². The van der Waals surface area contributed by atoms with E-state index in [9.17, 15) is 27.2 Å². The van der Waals surface area contributed by atoms with E-state index in [0.717, 1.165) is 58.1 Å². The number of aromatic amines is 1. The van der Waals surface area contributed by atoms with E-state index in [1.807, 2.05) is 60.7 Å². The second-order valence-corrected chi connectivity index (χ2v) is 25.6. The molecule has 0 aliphatic rings. The number of H-pyrrole nitrogens is 1. The van der Waals surface area contributed by atoms with Gasteiger partial charge in [-0.05, 0) is 81.3 Å². The van der Waals surface area contributed by atoms with E-state index in [0.29, 0.717) is 41.6 Å². The number of benzene rings is 4. The molecule has 2 N–H and O–H groups in total. The summed E-state index contributed by atoms with van der Waals surface area (Å²) in [7, 11) is 0.0443.